The van der Waals surface area contributed by atoms with Crippen LogP contribution in [0.5, 0.6) is 0 Å². The van der Waals surface area contributed by atoms with E-state index in [1.54, 1.807) is 0 Å². The van der Waals surface area contributed by atoms with Crippen LogP contribution in [0, 0.1) is 5.41 Å². The van der Waals surface area contributed by atoms with Gasteiger partial charge in [-0.1, -0.05) is 0 Å². The van der Waals surface area contributed by atoms with Crippen LogP contribution in [0.1, 0.15) is 12.8 Å². The van der Waals surface area contributed by atoms with Crippen LogP contribution < -0.4 is 16.8 Å². The zero-order valence-corrected chi connectivity index (χ0v) is 6.71. The van der Waals surface area contributed by atoms with Gasteiger partial charge in [0.25, 0.3) is 0 Å². The minimum Gasteiger partial charge on any atom is -0.480 e. The van der Waals surface area contributed by atoms with Crippen LogP contribution in [0.2, 0.25) is 0 Å². The van der Waals surface area contributed by atoms with Crippen molar-refractivity contribution in [1.29, 1.82) is 5.41 Å². The molecule has 0 amide bonds. The lowest BCUT2D eigenvalue weighted by atomic mass is 10.2. The molecule has 0 aromatic carbocycles. The number of nitrogens with one attached hydrogen (secondary N) is 2. The van der Waals surface area contributed by atoms with E-state index < -0.39 is 12.0 Å². The molecule has 0 rings (SSSR count). The quantitative estimate of drug-likeness (QED) is 0.144. The van der Waals surface area contributed by atoms with Crippen molar-refractivity contribution in [3.8, 4) is 0 Å². The minimum absolute atomic E-state index is 0. The van der Waals surface area contributed by atoms with E-state index in [1.165, 1.54) is 0 Å². The predicted molar refractivity (Wildman–Crippen MR) is 56.1 cm³/mol. The summed E-state index contributed by atoms with van der Waals surface area (Å²) in [5.74, 6) is -1.11. The maximum atomic E-state index is 10.2. The summed E-state index contributed by atoms with van der Waals surface area (Å²) in [6, 6.07) is -0.821. The molecule has 0 fully saturated rings. The van der Waals surface area contributed by atoms with Crippen LogP contribution in [0.15, 0.2) is 0 Å². The minimum atomic E-state index is -1.00. The second kappa shape index (κ2) is 7.56. The van der Waals surface area contributed by atoms with Crippen molar-refractivity contribution in [3.05, 3.63) is 0 Å². The Labute approximate surface area is 81.2 Å². The third kappa shape index (κ3) is 8.83. The smallest absolute Gasteiger partial charge is 0.320 e. The molecule has 0 aromatic rings. The number of nitrogens with two attached hydrogens (primary N) is 2. The molecular weight excluding hydrogens is 188 g/mol. The number of rotatable bonds is 5. The number of guanidine groups is 1. The molecule has 1 atom stereocenters. The first-order chi connectivity index (χ1) is 5.54. The third-order valence-electron chi connectivity index (χ3n) is 1.32. The van der Waals surface area contributed by atoms with Crippen LogP contribution >= 0.6 is 0 Å². The summed E-state index contributed by atoms with van der Waals surface area (Å²) < 4.78 is 0. The van der Waals surface area contributed by atoms with Crippen LogP contribution in [0.4, 0.5) is 0 Å². The molecule has 7 N–H and O–H groups in total. The molecule has 0 bridgehead atoms. The Bertz CT molecular complexity index is 176. The summed E-state index contributed by atoms with van der Waals surface area (Å²) >= 11 is 0. The van der Waals surface area contributed by atoms with E-state index in [0.717, 1.165) is 0 Å². The molecule has 7 heteroatoms. The average Bonchev–Trinajstić information content (AvgIpc) is 1.97. The van der Waals surface area contributed by atoms with Crippen LogP contribution in [-0.4, -0.2) is 40.6 Å². The maximum Gasteiger partial charge on any atom is 0.320 e. The highest BCUT2D eigenvalue weighted by molar-refractivity contribution is 5.75. The van der Waals surface area contributed by atoms with E-state index in [2.05, 4.69) is 5.32 Å². The Morgan fingerprint density at radius 1 is 1.62 bits per heavy atom. The van der Waals surface area contributed by atoms with E-state index in [9.17, 15) is 4.79 Å². The van der Waals surface area contributed by atoms with E-state index in [0.29, 0.717) is 19.4 Å². The molecule has 0 saturated carbocycles. The lowest BCUT2D eigenvalue weighted by molar-refractivity contribution is -0.138. The molecule has 78 valence electrons. The van der Waals surface area contributed by atoms with Crippen molar-refractivity contribution in [2.24, 2.45) is 11.5 Å². The first-order valence-electron chi connectivity index (χ1n) is 3.60. The highest BCUT2D eigenvalue weighted by atomic mass is 28.1. The topological polar surface area (TPSA) is 125 Å². The van der Waals surface area contributed by atoms with Crippen LogP contribution in [0.25, 0.3) is 0 Å². The lowest BCUT2D eigenvalue weighted by Crippen LogP contribution is -2.34. The Morgan fingerprint density at radius 3 is 2.54 bits per heavy atom. The maximum absolute atomic E-state index is 10.2. The van der Waals surface area contributed by atoms with E-state index in [4.69, 9.17) is 22.0 Å². The fraction of sp³-hybridized carbons (Fsp3) is 0.667. The summed E-state index contributed by atoms with van der Waals surface area (Å²) in [6.07, 6.45) is 0.975. The van der Waals surface area contributed by atoms with Gasteiger partial charge in [-0.15, -0.1) is 0 Å². The Kier molecular flexibility index (Phi) is 8.40. The normalized spacial score (nSPS) is 11.2. The SMILES string of the molecule is N=C(N)NCCCC(N)C(=O)O.[SiH4]. The molecular formula is C6H18N4O2Si. The standard InChI is InChI=1S/C6H14N4O2.H4Si/c7-4(5(11)12)2-1-3-10-6(8)9;/h4H,1-3,7H2,(H,11,12)(H4,8,9,10);1H4. The number of carboxylic acids is 1. The zero-order valence-electron chi connectivity index (χ0n) is 6.71. The van der Waals surface area contributed by atoms with Gasteiger partial charge >= 0.3 is 5.97 Å². The molecule has 0 spiro atoms. The molecule has 6 nitrogen and oxygen atoms in total. The number of aliphatic carboxylic acids is 1. The number of carbonyl (C=O) groups is 1. The highest BCUT2D eigenvalue weighted by Crippen LogP contribution is 1.92. The molecule has 0 aliphatic heterocycles. The van der Waals surface area contributed by atoms with E-state index >= 15 is 0 Å². The van der Waals surface area contributed by atoms with Crippen molar-refractivity contribution in [2.45, 2.75) is 18.9 Å². The fourth-order valence-electron chi connectivity index (χ4n) is 0.669. The number of carboxylic acid groups (broad SMARTS) is 1. The van der Waals surface area contributed by atoms with Gasteiger partial charge in [0.05, 0.1) is 0 Å². The first-order valence-corrected chi connectivity index (χ1v) is 3.60. The molecule has 13 heavy (non-hydrogen) atoms. The lowest BCUT2D eigenvalue weighted by Gasteiger charge is -2.06. The average molecular weight is 206 g/mol. The van der Waals surface area contributed by atoms with Crippen molar-refractivity contribution < 1.29 is 9.90 Å². The fourth-order valence-corrected chi connectivity index (χ4v) is 0.669. The van der Waals surface area contributed by atoms with E-state index in [1.807, 2.05) is 0 Å². The predicted octanol–water partition coefficient (Wildman–Crippen LogP) is -2.79. The van der Waals surface area contributed by atoms with Crippen molar-refractivity contribution in [3.63, 3.8) is 0 Å². The Morgan fingerprint density at radius 2 is 2.15 bits per heavy atom. The number of hydrogen-bond acceptors (Lipinski definition) is 3. The third-order valence-corrected chi connectivity index (χ3v) is 1.32. The van der Waals surface area contributed by atoms with Gasteiger partial charge < -0.3 is 21.9 Å². The summed E-state index contributed by atoms with van der Waals surface area (Å²) in [4.78, 5) is 10.2. The molecule has 0 heterocycles. The Balaban J connectivity index is 0. The first kappa shape index (κ1) is 14.4. The molecule has 0 saturated heterocycles. The van der Waals surface area contributed by atoms with Crippen LogP contribution in [-0.2, 0) is 4.79 Å². The van der Waals surface area contributed by atoms with Crippen LogP contribution in [0.3, 0.4) is 0 Å². The largest absolute Gasteiger partial charge is 0.480 e. The van der Waals surface area contributed by atoms with Gasteiger partial charge in [0, 0.05) is 6.54 Å². The van der Waals surface area contributed by atoms with Crippen molar-refractivity contribution in [2.75, 3.05) is 6.54 Å². The van der Waals surface area contributed by atoms with Gasteiger partial charge in [0.15, 0.2) is 5.96 Å². The van der Waals surface area contributed by atoms with Crippen molar-refractivity contribution in [1.82, 2.24) is 5.32 Å². The summed E-state index contributed by atoms with van der Waals surface area (Å²) in [6.45, 7) is 0.482. The molecule has 0 aliphatic carbocycles. The Hall–Kier alpha value is -1.08. The second-order valence-corrected chi connectivity index (χ2v) is 2.43. The molecule has 0 aliphatic rings. The molecule has 0 aromatic heterocycles. The molecule has 1 unspecified atom stereocenters. The van der Waals surface area contributed by atoms with Gasteiger partial charge in [0.1, 0.15) is 6.04 Å². The second-order valence-electron chi connectivity index (χ2n) is 2.43. The zero-order chi connectivity index (χ0) is 9.56. The van der Waals surface area contributed by atoms with Gasteiger partial charge in [0.2, 0.25) is 0 Å². The highest BCUT2D eigenvalue weighted by Gasteiger charge is 2.09. The van der Waals surface area contributed by atoms with Gasteiger partial charge in [-0.2, -0.15) is 0 Å². The van der Waals surface area contributed by atoms with Gasteiger partial charge in [-0.05, 0) is 23.8 Å². The summed E-state index contributed by atoms with van der Waals surface area (Å²) in [5, 5.41) is 17.7. The van der Waals surface area contributed by atoms with Gasteiger partial charge in [-0.25, -0.2) is 0 Å². The molecule has 0 radical (unpaired) electrons. The number of hydrogen-bond donors (Lipinski definition) is 5. The van der Waals surface area contributed by atoms with Crippen molar-refractivity contribution >= 4 is 22.9 Å². The monoisotopic (exact) mass is 206 g/mol. The summed E-state index contributed by atoms with van der Waals surface area (Å²) in [7, 11) is 0. The van der Waals surface area contributed by atoms with Gasteiger partial charge in [-0.3, -0.25) is 10.2 Å². The summed E-state index contributed by atoms with van der Waals surface area (Å²) in [5.41, 5.74) is 10.2. The van der Waals surface area contributed by atoms with E-state index in [-0.39, 0.29) is 16.9 Å².